The minimum atomic E-state index is -1.02. The molecule has 0 spiro atoms. The van der Waals surface area contributed by atoms with Crippen LogP contribution in [0.2, 0.25) is 0 Å². The summed E-state index contributed by atoms with van der Waals surface area (Å²) in [6.07, 6.45) is 7.81. The number of hydrogen-bond acceptors (Lipinski definition) is 6. The third-order valence-corrected chi connectivity index (χ3v) is 6.45. The number of carbonyl (C=O) groups is 2. The van der Waals surface area contributed by atoms with E-state index in [4.69, 9.17) is 5.11 Å². The molecular formula is C20H25NO4S2. The SMILES string of the molecule is CCCC#CC(O)C/C=C/[C@H]1CCC(=O)[C@@H]1CCSc1nc(C(=O)O)cs1. The predicted molar refractivity (Wildman–Crippen MR) is 108 cm³/mol. The van der Waals surface area contributed by atoms with Gasteiger partial charge >= 0.3 is 5.97 Å². The van der Waals surface area contributed by atoms with E-state index in [1.54, 1.807) is 0 Å². The summed E-state index contributed by atoms with van der Waals surface area (Å²) in [6, 6.07) is 0. The number of aliphatic hydroxyl groups is 1. The van der Waals surface area contributed by atoms with Crippen LogP contribution in [0.15, 0.2) is 21.9 Å². The summed E-state index contributed by atoms with van der Waals surface area (Å²) in [5.41, 5.74) is 0.0702. The number of thiazole rings is 1. The van der Waals surface area contributed by atoms with Crippen LogP contribution in [0.4, 0.5) is 0 Å². The molecule has 1 unspecified atom stereocenters. The first-order chi connectivity index (χ1) is 13.0. The fourth-order valence-corrected chi connectivity index (χ4v) is 4.88. The van der Waals surface area contributed by atoms with Crippen molar-refractivity contribution in [2.75, 3.05) is 5.75 Å². The number of thioether (sulfide) groups is 1. The summed E-state index contributed by atoms with van der Waals surface area (Å²) in [7, 11) is 0. The number of aliphatic hydroxyl groups excluding tert-OH is 1. The maximum absolute atomic E-state index is 12.2. The van der Waals surface area contributed by atoms with E-state index < -0.39 is 12.1 Å². The van der Waals surface area contributed by atoms with Crippen LogP contribution < -0.4 is 0 Å². The first-order valence-electron chi connectivity index (χ1n) is 9.18. The zero-order chi connectivity index (χ0) is 19.6. The van der Waals surface area contributed by atoms with Crippen molar-refractivity contribution in [1.29, 1.82) is 0 Å². The number of rotatable bonds is 9. The van der Waals surface area contributed by atoms with Crippen LogP contribution in [0.3, 0.4) is 0 Å². The van der Waals surface area contributed by atoms with E-state index in [1.165, 1.54) is 28.5 Å². The lowest BCUT2D eigenvalue weighted by atomic mass is 9.92. The maximum atomic E-state index is 12.2. The van der Waals surface area contributed by atoms with Crippen molar-refractivity contribution in [2.45, 2.75) is 55.9 Å². The standard InChI is InChI=1S/C20H25NO4S2/c1-2-3-4-7-15(22)8-5-6-14-9-10-18(23)16(14)11-12-26-20-21-17(13-27-20)19(24)25/h5-6,13-16,22H,2-3,8-12H2,1H3,(H,24,25)/b6-5+/t14-,15?,16+/m0/s1. The molecule has 0 aliphatic heterocycles. The molecule has 1 heterocycles. The molecule has 7 heteroatoms. The third kappa shape index (κ3) is 7.13. The van der Waals surface area contributed by atoms with Crippen LogP contribution in [-0.4, -0.2) is 38.8 Å². The molecule has 3 atom stereocenters. The van der Waals surface area contributed by atoms with Crippen LogP contribution in [-0.2, 0) is 4.79 Å². The minimum Gasteiger partial charge on any atom is -0.476 e. The number of nitrogens with zero attached hydrogens (tertiary/aromatic N) is 1. The number of carbonyl (C=O) groups excluding carboxylic acids is 1. The summed E-state index contributed by atoms with van der Waals surface area (Å²) >= 11 is 2.82. The Balaban J connectivity index is 1.80. The highest BCUT2D eigenvalue weighted by Crippen LogP contribution is 2.34. The Morgan fingerprint density at radius 1 is 1.56 bits per heavy atom. The summed E-state index contributed by atoms with van der Waals surface area (Å²) in [5.74, 6) is 5.99. The number of carboxylic acids is 1. The Morgan fingerprint density at radius 3 is 3.07 bits per heavy atom. The lowest BCUT2D eigenvalue weighted by molar-refractivity contribution is -0.121. The molecule has 2 N–H and O–H groups in total. The van der Waals surface area contributed by atoms with Crippen LogP contribution >= 0.6 is 23.1 Å². The van der Waals surface area contributed by atoms with Crippen LogP contribution in [0, 0.1) is 23.7 Å². The monoisotopic (exact) mass is 407 g/mol. The Hall–Kier alpha value is -1.62. The second-order valence-electron chi connectivity index (χ2n) is 6.47. The van der Waals surface area contributed by atoms with Crippen molar-refractivity contribution < 1.29 is 19.8 Å². The van der Waals surface area contributed by atoms with Gasteiger partial charge in [0, 0.05) is 36.3 Å². The normalized spacial score (nSPS) is 20.6. The second-order valence-corrected chi connectivity index (χ2v) is 8.67. The molecule has 1 aliphatic carbocycles. The lowest BCUT2D eigenvalue weighted by Gasteiger charge is -2.14. The molecule has 1 fully saturated rings. The molecule has 5 nitrogen and oxygen atoms in total. The van der Waals surface area contributed by atoms with Gasteiger partial charge < -0.3 is 10.2 Å². The number of Topliss-reactive ketones (excluding diaryl/α,β-unsaturated/α-hetero) is 1. The zero-order valence-electron chi connectivity index (χ0n) is 15.4. The van der Waals surface area contributed by atoms with E-state index in [1.807, 2.05) is 6.08 Å². The van der Waals surface area contributed by atoms with Gasteiger partial charge in [-0.2, -0.15) is 0 Å². The van der Waals surface area contributed by atoms with Gasteiger partial charge in [-0.25, -0.2) is 9.78 Å². The first-order valence-corrected chi connectivity index (χ1v) is 11.0. The summed E-state index contributed by atoms with van der Waals surface area (Å²) < 4.78 is 0.721. The van der Waals surface area contributed by atoms with Crippen molar-refractivity contribution >= 4 is 34.9 Å². The number of unbranched alkanes of at least 4 members (excludes halogenated alkanes) is 1. The van der Waals surface area contributed by atoms with Crippen LogP contribution in [0.25, 0.3) is 0 Å². The Labute approximate surface area is 168 Å². The van der Waals surface area contributed by atoms with E-state index >= 15 is 0 Å². The Morgan fingerprint density at radius 2 is 2.37 bits per heavy atom. The number of ketones is 1. The molecule has 1 aliphatic rings. The van der Waals surface area contributed by atoms with Gasteiger partial charge in [-0.05, 0) is 25.2 Å². The van der Waals surface area contributed by atoms with Crippen LogP contribution in [0.5, 0.6) is 0 Å². The van der Waals surface area contributed by atoms with Gasteiger partial charge in [0.1, 0.15) is 11.9 Å². The van der Waals surface area contributed by atoms with Gasteiger partial charge in [0.25, 0.3) is 0 Å². The number of hydrogen-bond donors (Lipinski definition) is 2. The molecule has 0 radical (unpaired) electrons. The minimum absolute atomic E-state index is 0.00373. The predicted octanol–water partition coefficient (Wildman–Crippen LogP) is 4.03. The highest BCUT2D eigenvalue weighted by Gasteiger charge is 2.32. The first kappa shape index (κ1) is 21.7. The number of carboxylic acid groups (broad SMARTS) is 1. The molecule has 2 rings (SSSR count). The van der Waals surface area contributed by atoms with Gasteiger partial charge in [-0.3, -0.25) is 4.79 Å². The summed E-state index contributed by atoms with van der Waals surface area (Å²) in [6.45, 7) is 2.05. The van der Waals surface area contributed by atoms with Crippen molar-refractivity contribution in [3.8, 4) is 11.8 Å². The number of aromatic nitrogens is 1. The van der Waals surface area contributed by atoms with E-state index in [0.29, 0.717) is 18.6 Å². The largest absolute Gasteiger partial charge is 0.476 e. The van der Waals surface area contributed by atoms with Gasteiger partial charge in [0.15, 0.2) is 10.0 Å². The van der Waals surface area contributed by atoms with Crippen molar-refractivity contribution in [3.63, 3.8) is 0 Å². The summed E-state index contributed by atoms with van der Waals surface area (Å²) in [4.78, 5) is 27.1. The fourth-order valence-electron chi connectivity index (χ4n) is 2.99. The number of aromatic carboxylic acids is 1. The van der Waals surface area contributed by atoms with Gasteiger partial charge in [-0.1, -0.05) is 36.8 Å². The molecule has 27 heavy (non-hydrogen) atoms. The third-order valence-electron chi connectivity index (χ3n) is 4.40. The average molecular weight is 408 g/mol. The zero-order valence-corrected chi connectivity index (χ0v) is 17.0. The fraction of sp³-hybridized carbons (Fsp3) is 0.550. The molecule has 0 amide bonds. The highest BCUT2D eigenvalue weighted by molar-refractivity contribution is 8.01. The maximum Gasteiger partial charge on any atom is 0.355 e. The number of allylic oxidation sites excluding steroid dienone is 1. The quantitative estimate of drug-likeness (QED) is 0.365. The molecule has 1 aromatic rings. The van der Waals surface area contributed by atoms with E-state index in [0.717, 1.165) is 35.8 Å². The topological polar surface area (TPSA) is 87.5 Å². The average Bonchev–Trinajstić information content (AvgIpc) is 3.24. The van der Waals surface area contributed by atoms with Crippen molar-refractivity contribution in [2.24, 2.45) is 11.8 Å². The van der Waals surface area contributed by atoms with E-state index in [9.17, 15) is 14.7 Å². The smallest absolute Gasteiger partial charge is 0.355 e. The second kappa shape index (κ2) is 11.3. The van der Waals surface area contributed by atoms with Gasteiger partial charge in [0.05, 0.1) is 0 Å². The molecule has 1 aromatic heterocycles. The van der Waals surface area contributed by atoms with Gasteiger partial charge in [-0.15, -0.1) is 17.3 Å². The molecule has 1 saturated carbocycles. The molecule has 0 bridgehead atoms. The molecule has 0 saturated heterocycles. The Bertz CT molecular complexity index is 732. The molecule has 146 valence electrons. The van der Waals surface area contributed by atoms with Crippen molar-refractivity contribution in [1.82, 2.24) is 4.98 Å². The lowest BCUT2D eigenvalue weighted by Crippen LogP contribution is -2.14. The molecular weight excluding hydrogens is 382 g/mol. The van der Waals surface area contributed by atoms with E-state index in [2.05, 4.69) is 29.8 Å². The van der Waals surface area contributed by atoms with Crippen LogP contribution in [0.1, 0.15) is 55.9 Å². The van der Waals surface area contributed by atoms with Gasteiger partial charge in [0.2, 0.25) is 0 Å². The van der Waals surface area contributed by atoms with Crippen molar-refractivity contribution in [3.05, 3.63) is 23.2 Å². The molecule has 0 aromatic carbocycles. The summed E-state index contributed by atoms with van der Waals surface area (Å²) in [5, 5.41) is 20.3. The Kier molecular flexibility index (Phi) is 9.05. The highest BCUT2D eigenvalue weighted by atomic mass is 32.2. The van der Waals surface area contributed by atoms with E-state index in [-0.39, 0.29) is 17.5 Å².